The van der Waals surface area contributed by atoms with Crippen LogP contribution >= 0.6 is 0 Å². The summed E-state index contributed by atoms with van der Waals surface area (Å²) in [6.07, 6.45) is 1.68. The number of amides is 1. The number of anilines is 1. The molecular formula is C19H22N10O. The van der Waals surface area contributed by atoms with Gasteiger partial charge in [-0.05, 0) is 26.8 Å². The predicted molar refractivity (Wildman–Crippen MR) is 108 cm³/mol. The minimum absolute atomic E-state index is 0.0248. The molecule has 5 heterocycles. The summed E-state index contributed by atoms with van der Waals surface area (Å²) in [6, 6.07) is 3.94. The first kappa shape index (κ1) is 18.4. The fourth-order valence-corrected chi connectivity index (χ4v) is 3.85. The van der Waals surface area contributed by atoms with Crippen LogP contribution in [0.2, 0.25) is 0 Å². The molecule has 0 aromatic carbocycles. The van der Waals surface area contributed by atoms with Crippen molar-refractivity contribution in [1.29, 1.82) is 0 Å². The second-order valence-corrected chi connectivity index (χ2v) is 7.55. The summed E-state index contributed by atoms with van der Waals surface area (Å²) in [5, 5.41) is 8.72. The van der Waals surface area contributed by atoms with Crippen LogP contribution in [0.1, 0.15) is 22.9 Å². The van der Waals surface area contributed by atoms with Gasteiger partial charge in [0.15, 0.2) is 5.82 Å². The second-order valence-electron chi connectivity index (χ2n) is 7.55. The molecule has 1 fully saturated rings. The number of fused-ring (bicyclic) bond motifs is 2. The molecule has 30 heavy (non-hydrogen) atoms. The van der Waals surface area contributed by atoms with Crippen molar-refractivity contribution in [3.8, 4) is 0 Å². The summed E-state index contributed by atoms with van der Waals surface area (Å²) in [7, 11) is 0. The third-order valence-electron chi connectivity index (χ3n) is 5.29. The van der Waals surface area contributed by atoms with Crippen LogP contribution in [0.3, 0.4) is 0 Å². The Morgan fingerprint density at radius 3 is 2.47 bits per heavy atom. The van der Waals surface area contributed by atoms with Gasteiger partial charge in [-0.25, -0.2) is 14.5 Å². The fraction of sp³-hybridized carbons (Fsp3) is 0.421. The van der Waals surface area contributed by atoms with Crippen LogP contribution in [0.4, 0.5) is 5.82 Å². The number of hydrogen-bond donors (Lipinski definition) is 0. The zero-order valence-electron chi connectivity index (χ0n) is 17.1. The molecule has 4 aromatic heterocycles. The Hall–Kier alpha value is -3.63. The zero-order chi connectivity index (χ0) is 20.8. The Morgan fingerprint density at radius 2 is 1.67 bits per heavy atom. The van der Waals surface area contributed by atoms with Crippen LogP contribution in [0.15, 0.2) is 18.5 Å². The maximum absolute atomic E-state index is 12.8. The van der Waals surface area contributed by atoms with E-state index in [9.17, 15) is 4.79 Å². The van der Waals surface area contributed by atoms with Gasteiger partial charge < -0.3 is 9.80 Å². The summed E-state index contributed by atoms with van der Waals surface area (Å²) in [5.74, 6) is 2.58. The van der Waals surface area contributed by atoms with Crippen molar-refractivity contribution >= 4 is 23.3 Å². The van der Waals surface area contributed by atoms with E-state index >= 15 is 0 Å². The minimum Gasteiger partial charge on any atom is -0.353 e. The Morgan fingerprint density at radius 1 is 0.933 bits per heavy atom. The third kappa shape index (κ3) is 3.21. The predicted octanol–water partition coefficient (Wildman–Crippen LogP) is 0.379. The monoisotopic (exact) mass is 406 g/mol. The average Bonchev–Trinajstić information content (AvgIpc) is 3.34. The molecule has 5 rings (SSSR count). The van der Waals surface area contributed by atoms with E-state index in [0.717, 1.165) is 22.9 Å². The average molecular weight is 406 g/mol. The lowest BCUT2D eigenvalue weighted by molar-refractivity contribution is -0.130. The highest BCUT2D eigenvalue weighted by Crippen LogP contribution is 2.18. The maximum Gasteiger partial charge on any atom is 0.254 e. The smallest absolute Gasteiger partial charge is 0.254 e. The zero-order valence-corrected chi connectivity index (χ0v) is 17.1. The lowest BCUT2D eigenvalue weighted by atomic mass is 10.2. The normalized spacial score (nSPS) is 14.8. The van der Waals surface area contributed by atoms with Crippen LogP contribution in [-0.4, -0.2) is 76.2 Å². The number of aryl methyl sites for hydroxylation is 3. The van der Waals surface area contributed by atoms with Crippen molar-refractivity contribution in [2.75, 3.05) is 31.1 Å². The molecule has 11 heteroatoms. The third-order valence-corrected chi connectivity index (χ3v) is 5.29. The van der Waals surface area contributed by atoms with Gasteiger partial charge in [-0.1, -0.05) is 0 Å². The van der Waals surface area contributed by atoms with E-state index in [2.05, 4.69) is 35.0 Å². The first-order chi connectivity index (χ1) is 14.5. The molecule has 11 nitrogen and oxygen atoms in total. The molecule has 1 aliphatic rings. The molecule has 0 N–H and O–H groups in total. The van der Waals surface area contributed by atoms with E-state index in [-0.39, 0.29) is 12.3 Å². The summed E-state index contributed by atoms with van der Waals surface area (Å²) in [5.41, 5.74) is 2.72. The Labute approximate surface area is 172 Å². The van der Waals surface area contributed by atoms with Gasteiger partial charge in [0.25, 0.3) is 11.6 Å². The van der Waals surface area contributed by atoms with Gasteiger partial charge in [0.1, 0.15) is 12.1 Å². The Kier molecular flexibility index (Phi) is 4.30. The molecule has 0 radical (unpaired) electrons. The summed E-state index contributed by atoms with van der Waals surface area (Å²) in [6.45, 7) is 8.49. The molecule has 0 atom stereocenters. The molecule has 4 aromatic rings. The van der Waals surface area contributed by atoms with Gasteiger partial charge >= 0.3 is 0 Å². The van der Waals surface area contributed by atoms with E-state index in [1.807, 2.05) is 37.8 Å². The Bertz CT molecular complexity index is 1250. The van der Waals surface area contributed by atoms with Crippen LogP contribution in [0, 0.1) is 20.8 Å². The van der Waals surface area contributed by atoms with Gasteiger partial charge in [-0.15, -0.1) is 5.10 Å². The molecule has 0 spiro atoms. The number of carbonyl (C=O) groups is 1. The van der Waals surface area contributed by atoms with Crippen molar-refractivity contribution < 1.29 is 4.79 Å². The number of nitrogens with zero attached hydrogens (tertiary/aromatic N) is 10. The first-order valence-corrected chi connectivity index (χ1v) is 9.88. The van der Waals surface area contributed by atoms with E-state index in [4.69, 9.17) is 0 Å². The molecular weight excluding hydrogens is 384 g/mol. The summed E-state index contributed by atoms with van der Waals surface area (Å²) in [4.78, 5) is 34.3. The second kappa shape index (κ2) is 7.01. The van der Waals surface area contributed by atoms with Crippen LogP contribution < -0.4 is 4.90 Å². The molecule has 0 saturated carbocycles. The highest BCUT2D eigenvalue weighted by atomic mass is 16.2. The molecule has 0 bridgehead atoms. The lowest BCUT2D eigenvalue weighted by Gasteiger charge is -2.35. The highest BCUT2D eigenvalue weighted by molar-refractivity contribution is 5.78. The SMILES string of the molecule is Cc1cc(C)n2nc(CC(=O)N3CCN(c4cc(C)nc5ncnn45)CC3)nc2n1. The quantitative estimate of drug-likeness (QED) is 0.480. The van der Waals surface area contributed by atoms with E-state index < -0.39 is 0 Å². The summed E-state index contributed by atoms with van der Waals surface area (Å²) >= 11 is 0. The van der Waals surface area contributed by atoms with Gasteiger partial charge in [0.2, 0.25) is 5.91 Å². The lowest BCUT2D eigenvalue weighted by Crippen LogP contribution is -2.49. The van der Waals surface area contributed by atoms with E-state index in [0.29, 0.717) is 43.6 Å². The van der Waals surface area contributed by atoms with E-state index in [1.165, 1.54) is 6.33 Å². The van der Waals surface area contributed by atoms with Crippen molar-refractivity contribution in [2.24, 2.45) is 0 Å². The van der Waals surface area contributed by atoms with Gasteiger partial charge in [0.05, 0.1) is 6.42 Å². The molecule has 1 aliphatic heterocycles. The van der Waals surface area contributed by atoms with Gasteiger partial charge in [0, 0.05) is 49.3 Å². The molecule has 0 aliphatic carbocycles. The molecule has 1 amide bonds. The number of rotatable bonds is 3. The largest absolute Gasteiger partial charge is 0.353 e. The Balaban J connectivity index is 1.28. The molecule has 1 saturated heterocycles. The van der Waals surface area contributed by atoms with E-state index in [1.54, 1.807) is 9.03 Å². The number of piperazine rings is 1. The van der Waals surface area contributed by atoms with Gasteiger partial charge in [-0.3, -0.25) is 4.79 Å². The van der Waals surface area contributed by atoms with Gasteiger partial charge in [-0.2, -0.15) is 19.6 Å². The minimum atomic E-state index is 0.0248. The van der Waals surface area contributed by atoms with Crippen LogP contribution in [-0.2, 0) is 11.2 Å². The fourth-order valence-electron chi connectivity index (χ4n) is 3.85. The topological polar surface area (TPSA) is 110 Å². The molecule has 0 unspecified atom stereocenters. The molecule has 154 valence electrons. The highest BCUT2D eigenvalue weighted by Gasteiger charge is 2.24. The number of carbonyl (C=O) groups excluding carboxylic acids is 1. The first-order valence-electron chi connectivity index (χ1n) is 9.88. The van der Waals surface area contributed by atoms with Crippen molar-refractivity contribution in [1.82, 2.24) is 44.1 Å². The standard InChI is InChI=1S/C19H22N10O/c1-12-8-14(3)28-19(23-12)24-15(25-28)10-17(30)27-6-4-26(5-7-27)16-9-13(2)22-18-20-11-21-29(16)18/h8-9,11H,4-7,10H2,1-3H3. The number of aromatic nitrogens is 8. The summed E-state index contributed by atoms with van der Waals surface area (Å²) < 4.78 is 3.42. The van der Waals surface area contributed by atoms with Crippen molar-refractivity contribution in [3.05, 3.63) is 41.4 Å². The van der Waals surface area contributed by atoms with Crippen LogP contribution in [0.5, 0.6) is 0 Å². The van der Waals surface area contributed by atoms with Crippen LogP contribution in [0.25, 0.3) is 11.6 Å². The van der Waals surface area contributed by atoms with Crippen molar-refractivity contribution in [3.63, 3.8) is 0 Å². The maximum atomic E-state index is 12.8. The number of hydrogen-bond acceptors (Lipinski definition) is 8. The van der Waals surface area contributed by atoms with Crippen molar-refractivity contribution in [2.45, 2.75) is 27.2 Å².